The minimum absolute atomic E-state index is 0.648. The van der Waals surface area contributed by atoms with Gasteiger partial charge in [-0.3, -0.25) is 4.98 Å². The van der Waals surface area contributed by atoms with Crippen molar-refractivity contribution in [2.75, 3.05) is 6.54 Å². The second-order valence-corrected chi connectivity index (χ2v) is 5.84. The van der Waals surface area contributed by atoms with E-state index in [4.69, 9.17) is 0 Å². The van der Waals surface area contributed by atoms with Gasteiger partial charge in [0.05, 0.1) is 5.69 Å². The van der Waals surface area contributed by atoms with Crippen molar-refractivity contribution in [1.29, 1.82) is 0 Å². The van der Waals surface area contributed by atoms with E-state index >= 15 is 0 Å². The monoisotopic (exact) mass is 259 g/mol. The van der Waals surface area contributed by atoms with Gasteiger partial charge < -0.3 is 5.32 Å². The van der Waals surface area contributed by atoms with E-state index in [9.17, 15) is 0 Å². The number of hydrogen-bond acceptors (Lipinski definition) is 4. The lowest BCUT2D eigenvalue weighted by Gasteiger charge is -2.07. The van der Waals surface area contributed by atoms with Gasteiger partial charge in [-0.1, -0.05) is 0 Å². The predicted octanol–water partition coefficient (Wildman–Crippen LogP) is 2.81. The van der Waals surface area contributed by atoms with Gasteiger partial charge >= 0.3 is 0 Å². The van der Waals surface area contributed by atoms with Crippen molar-refractivity contribution in [2.24, 2.45) is 0 Å². The molecule has 1 aliphatic heterocycles. The molecule has 2 aromatic rings. The summed E-state index contributed by atoms with van der Waals surface area (Å²) in [4.78, 5) is 10.2. The smallest absolute Gasteiger partial charge is 0.123 e. The van der Waals surface area contributed by atoms with Crippen LogP contribution < -0.4 is 5.32 Å². The number of aromatic nitrogens is 2. The zero-order valence-electron chi connectivity index (χ0n) is 10.5. The van der Waals surface area contributed by atoms with Crippen molar-refractivity contribution in [3.63, 3.8) is 0 Å². The number of thiazole rings is 1. The summed E-state index contributed by atoms with van der Waals surface area (Å²) in [5.74, 6) is 0. The maximum atomic E-state index is 4.69. The van der Waals surface area contributed by atoms with E-state index in [0.717, 1.165) is 11.4 Å². The normalized spacial score (nSPS) is 19.3. The Hall–Kier alpha value is -1.26. The van der Waals surface area contributed by atoms with Crippen molar-refractivity contribution in [2.45, 2.75) is 32.2 Å². The molecule has 3 heterocycles. The Morgan fingerprint density at radius 3 is 2.94 bits per heavy atom. The van der Waals surface area contributed by atoms with Crippen LogP contribution in [0.1, 0.15) is 23.4 Å². The molecule has 1 saturated heterocycles. The van der Waals surface area contributed by atoms with Crippen LogP contribution in [0.15, 0.2) is 24.5 Å². The Morgan fingerprint density at radius 1 is 1.39 bits per heavy atom. The van der Waals surface area contributed by atoms with E-state index < -0.39 is 0 Å². The zero-order valence-corrected chi connectivity index (χ0v) is 11.3. The Bertz CT molecular complexity index is 515. The van der Waals surface area contributed by atoms with Crippen LogP contribution in [0.2, 0.25) is 0 Å². The summed E-state index contributed by atoms with van der Waals surface area (Å²) in [6, 6.07) is 4.69. The zero-order chi connectivity index (χ0) is 12.4. The molecule has 0 bridgehead atoms. The molecule has 3 nitrogen and oxygen atoms in total. The SMILES string of the molecule is Cc1nc(-c2ccncc2)sc1CC1CCCN1. The van der Waals surface area contributed by atoms with Crippen LogP contribution >= 0.6 is 11.3 Å². The largest absolute Gasteiger partial charge is 0.314 e. The first-order chi connectivity index (χ1) is 8.83. The molecule has 1 atom stereocenters. The van der Waals surface area contributed by atoms with Gasteiger partial charge in [-0.25, -0.2) is 4.98 Å². The third-order valence-corrected chi connectivity index (χ3v) is 4.64. The number of hydrogen-bond donors (Lipinski definition) is 1. The van der Waals surface area contributed by atoms with Crippen molar-refractivity contribution in [1.82, 2.24) is 15.3 Å². The minimum Gasteiger partial charge on any atom is -0.314 e. The van der Waals surface area contributed by atoms with Crippen molar-refractivity contribution in [3.8, 4) is 10.6 Å². The fourth-order valence-electron chi connectivity index (χ4n) is 2.39. The molecule has 1 fully saturated rings. The number of aryl methyl sites for hydroxylation is 1. The van der Waals surface area contributed by atoms with Crippen LogP contribution in [0.25, 0.3) is 10.6 Å². The van der Waals surface area contributed by atoms with Crippen LogP contribution in [0, 0.1) is 6.92 Å². The third-order valence-electron chi connectivity index (χ3n) is 3.41. The molecule has 18 heavy (non-hydrogen) atoms. The summed E-state index contributed by atoms with van der Waals surface area (Å²) in [7, 11) is 0. The number of pyridine rings is 1. The first-order valence-electron chi connectivity index (χ1n) is 6.43. The van der Waals surface area contributed by atoms with Gasteiger partial charge in [-0.15, -0.1) is 11.3 Å². The van der Waals surface area contributed by atoms with E-state index in [-0.39, 0.29) is 0 Å². The maximum absolute atomic E-state index is 4.69. The summed E-state index contributed by atoms with van der Waals surface area (Å²) in [5.41, 5.74) is 2.35. The highest BCUT2D eigenvalue weighted by Crippen LogP contribution is 2.29. The van der Waals surface area contributed by atoms with E-state index in [1.165, 1.54) is 35.5 Å². The van der Waals surface area contributed by atoms with Gasteiger partial charge in [0.2, 0.25) is 0 Å². The van der Waals surface area contributed by atoms with Crippen LogP contribution in [-0.2, 0) is 6.42 Å². The molecule has 0 amide bonds. The molecule has 94 valence electrons. The van der Waals surface area contributed by atoms with Crippen LogP contribution in [0.3, 0.4) is 0 Å². The lowest BCUT2D eigenvalue weighted by Crippen LogP contribution is -2.23. The molecule has 0 radical (unpaired) electrons. The quantitative estimate of drug-likeness (QED) is 0.921. The summed E-state index contributed by atoms with van der Waals surface area (Å²) in [6.07, 6.45) is 7.37. The molecule has 0 spiro atoms. The lowest BCUT2D eigenvalue weighted by molar-refractivity contribution is 0.606. The molecular formula is C14H17N3S. The lowest BCUT2D eigenvalue weighted by atomic mass is 10.1. The highest BCUT2D eigenvalue weighted by atomic mass is 32.1. The highest BCUT2D eigenvalue weighted by molar-refractivity contribution is 7.15. The van der Waals surface area contributed by atoms with Crippen molar-refractivity contribution in [3.05, 3.63) is 35.1 Å². The van der Waals surface area contributed by atoms with Crippen LogP contribution in [-0.4, -0.2) is 22.6 Å². The number of nitrogens with one attached hydrogen (secondary N) is 1. The maximum Gasteiger partial charge on any atom is 0.123 e. The van der Waals surface area contributed by atoms with Crippen molar-refractivity contribution < 1.29 is 0 Å². The van der Waals surface area contributed by atoms with Gasteiger partial charge in [-0.05, 0) is 44.9 Å². The van der Waals surface area contributed by atoms with Crippen LogP contribution in [0.5, 0.6) is 0 Å². The summed E-state index contributed by atoms with van der Waals surface area (Å²) in [5, 5.41) is 4.66. The predicted molar refractivity (Wildman–Crippen MR) is 74.8 cm³/mol. The van der Waals surface area contributed by atoms with Crippen molar-refractivity contribution >= 4 is 11.3 Å². The van der Waals surface area contributed by atoms with E-state index in [0.29, 0.717) is 6.04 Å². The molecular weight excluding hydrogens is 242 g/mol. The summed E-state index contributed by atoms with van der Waals surface area (Å²) in [6.45, 7) is 3.28. The first kappa shape index (κ1) is 11.8. The number of nitrogens with zero attached hydrogens (tertiary/aromatic N) is 2. The first-order valence-corrected chi connectivity index (χ1v) is 7.24. The molecule has 0 aliphatic carbocycles. The standard InChI is InChI=1S/C14H17N3S/c1-10-13(9-12-3-2-6-16-12)18-14(17-10)11-4-7-15-8-5-11/h4-5,7-8,12,16H,2-3,6,9H2,1H3. The van der Waals surface area contributed by atoms with Gasteiger partial charge in [0.15, 0.2) is 0 Å². The number of rotatable bonds is 3. The van der Waals surface area contributed by atoms with E-state index in [1.807, 2.05) is 35.9 Å². The molecule has 3 rings (SSSR count). The highest BCUT2D eigenvalue weighted by Gasteiger charge is 2.18. The second-order valence-electron chi connectivity index (χ2n) is 4.76. The topological polar surface area (TPSA) is 37.8 Å². The molecule has 4 heteroatoms. The molecule has 2 aromatic heterocycles. The van der Waals surface area contributed by atoms with Gasteiger partial charge in [0, 0.05) is 28.9 Å². The third kappa shape index (κ3) is 2.44. The fraction of sp³-hybridized carbons (Fsp3) is 0.429. The average Bonchev–Trinajstić information content (AvgIpc) is 3.02. The Kier molecular flexibility index (Phi) is 3.39. The fourth-order valence-corrected chi connectivity index (χ4v) is 3.54. The molecule has 1 N–H and O–H groups in total. The summed E-state index contributed by atoms with van der Waals surface area (Å²) >= 11 is 1.82. The second kappa shape index (κ2) is 5.16. The van der Waals surface area contributed by atoms with E-state index in [1.54, 1.807) is 0 Å². The molecule has 0 aromatic carbocycles. The van der Waals surface area contributed by atoms with Gasteiger partial charge in [-0.2, -0.15) is 0 Å². The average molecular weight is 259 g/mol. The molecule has 1 aliphatic rings. The molecule has 0 saturated carbocycles. The van der Waals surface area contributed by atoms with Gasteiger partial charge in [0.25, 0.3) is 0 Å². The Balaban J connectivity index is 1.82. The van der Waals surface area contributed by atoms with Gasteiger partial charge in [0.1, 0.15) is 5.01 Å². The minimum atomic E-state index is 0.648. The van der Waals surface area contributed by atoms with Crippen LogP contribution in [0.4, 0.5) is 0 Å². The Labute approximate surface area is 111 Å². The Morgan fingerprint density at radius 2 is 2.22 bits per heavy atom. The van der Waals surface area contributed by atoms with E-state index in [2.05, 4.69) is 22.2 Å². The summed E-state index contributed by atoms with van der Waals surface area (Å²) < 4.78 is 0. The molecule has 1 unspecified atom stereocenters.